The number of rotatable bonds is 5. The van der Waals surface area contributed by atoms with E-state index < -0.39 is 0 Å². The van der Waals surface area contributed by atoms with E-state index in [0.717, 1.165) is 5.92 Å². The third-order valence-electron chi connectivity index (χ3n) is 3.90. The zero-order valence-corrected chi connectivity index (χ0v) is 10.4. The second-order valence-corrected chi connectivity index (χ2v) is 4.95. The molecule has 0 spiro atoms. The second kappa shape index (κ2) is 5.48. The first-order chi connectivity index (χ1) is 7.81. The lowest BCUT2D eigenvalue weighted by Gasteiger charge is -2.18. The molecule has 0 radical (unpaired) electrons. The van der Waals surface area contributed by atoms with Crippen LogP contribution in [0.4, 0.5) is 0 Å². The van der Waals surface area contributed by atoms with Crippen molar-refractivity contribution in [2.75, 3.05) is 7.05 Å². The van der Waals surface area contributed by atoms with E-state index in [2.05, 4.69) is 16.5 Å². The number of nitrogens with zero attached hydrogens (tertiary/aromatic N) is 2. The molecule has 2 rings (SSSR count). The Hall–Kier alpha value is -0.830. The smallest absolute Gasteiger partial charge is 0.0550 e. The molecule has 1 saturated carbocycles. The van der Waals surface area contributed by atoms with Gasteiger partial charge in [0, 0.05) is 19.3 Å². The van der Waals surface area contributed by atoms with Gasteiger partial charge in [0.1, 0.15) is 0 Å². The van der Waals surface area contributed by atoms with Crippen LogP contribution >= 0.6 is 0 Å². The SMILES string of the molecule is CNC(CCC1CCCC1)c1ccnn1C. The second-order valence-electron chi connectivity index (χ2n) is 4.95. The highest BCUT2D eigenvalue weighted by atomic mass is 15.3. The van der Waals surface area contributed by atoms with Crippen LogP contribution in [-0.2, 0) is 7.05 Å². The fourth-order valence-corrected chi connectivity index (χ4v) is 2.87. The fourth-order valence-electron chi connectivity index (χ4n) is 2.87. The van der Waals surface area contributed by atoms with E-state index in [1.807, 2.05) is 25.0 Å². The molecule has 0 bridgehead atoms. The third-order valence-corrected chi connectivity index (χ3v) is 3.90. The van der Waals surface area contributed by atoms with Crippen molar-refractivity contribution in [3.05, 3.63) is 18.0 Å². The number of hydrogen-bond donors (Lipinski definition) is 1. The maximum Gasteiger partial charge on any atom is 0.0550 e. The maximum atomic E-state index is 4.24. The summed E-state index contributed by atoms with van der Waals surface area (Å²) in [6.07, 6.45) is 10.3. The molecule has 1 heterocycles. The van der Waals surface area contributed by atoms with Crippen molar-refractivity contribution < 1.29 is 0 Å². The normalized spacial score (nSPS) is 19.1. The molecular weight excluding hydrogens is 198 g/mol. The number of nitrogens with one attached hydrogen (secondary N) is 1. The van der Waals surface area contributed by atoms with Crippen molar-refractivity contribution in [1.82, 2.24) is 15.1 Å². The molecule has 0 amide bonds. The summed E-state index contributed by atoms with van der Waals surface area (Å²) in [4.78, 5) is 0. The summed E-state index contributed by atoms with van der Waals surface area (Å²) in [6.45, 7) is 0. The van der Waals surface area contributed by atoms with Gasteiger partial charge >= 0.3 is 0 Å². The molecule has 0 aliphatic heterocycles. The largest absolute Gasteiger partial charge is 0.312 e. The van der Waals surface area contributed by atoms with Crippen molar-refractivity contribution in [2.45, 2.75) is 44.6 Å². The Kier molecular flexibility index (Phi) is 3.99. The number of hydrogen-bond acceptors (Lipinski definition) is 2. The summed E-state index contributed by atoms with van der Waals surface area (Å²) >= 11 is 0. The molecule has 1 aromatic rings. The maximum absolute atomic E-state index is 4.24. The molecule has 1 unspecified atom stereocenters. The highest BCUT2D eigenvalue weighted by molar-refractivity contribution is 5.06. The Morgan fingerprint density at radius 2 is 2.25 bits per heavy atom. The number of aromatic nitrogens is 2. The standard InChI is InChI=1S/C13H23N3/c1-14-12(13-9-10-15-16(13)2)8-7-11-5-3-4-6-11/h9-12,14H,3-8H2,1-2H3. The monoisotopic (exact) mass is 221 g/mol. The summed E-state index contributed by atoms with van der Waals surface area (Å²) in [7, 11) is 4.07. The number of aryl methyl sites for hydroxylation is 1. The predicted octanol–water partition coefficient (Wildman–Crippen LogP) is 2.65. The molecule has 1 aliphatic carbocycles. The van der Waals surface area contributed by atoms with Crippen molar-refractivity contribution in [3.8, 4) is 0 Å². The van der Waals surface area contributed by atoms with E-state index in [4.69, 9.17) is 0 Å². The molecule has 1 aromatic heterocycles. The van der Waals surface area contributed by atoms with Gasteiger partial charge in [-0.3, -0.25) is 4.68 Å². The Labute approximate surface area is 98.2 Å². The van der Waals surface area contributed by atoms with E-state index >= 15 is 0 Å². The highest BCUT2D eigenvalue weighted by Gasteiger charge is 2.18. The van der Waals surface area contributed by atoms with Gasteiger partial charge in [-0.1, -0.05) is 25.7 Å². The fraction of sp³-hybridized carbons (Fsp3) is 0.769. The third kappa shape index (κ3) is 2.64. The van der Waals surface area contributed by atoms with Gasteiger partial charge in [0.2, 0.25) is 0 Å². The van der Waals surface area contributed by atoms with Crippen LogP contribution in [0, 0.1) is 5.92 Å². The summed E-state index contributed by atoms with van der Waals surface area (Å²) in [6, 6.07) is 2.59. The lowest BCUT2D eigenvalue weighted by Crippen LogP contribution is -2.20. The van der Waals surface area contributed by atoms with Crippen molar-refractivity contribution in [3.63, 3.8) is 0 Å². The zero-order valence-electron chi connectivity index (χ0n) is 10.4. The van der Waals surface area contributed by atoms with Crippen LogP contribution in [0.2, 0.25) is 0 Å². The molecule has 0 aromatic carbocycles. The summed E-state index contributed by atoms with van der Waals surface area (Å²) in [5.41, 5.74) is 1.31. The Morgan fingerprint density at radius 1 is 1.50 bits per heavy atom. The van der Waals surface area contributed by atoms with Gasteiger partial charge < -0.3 is 5.32 Å². The minimum Gasteiger partial charge on any atom is -0.312 e. The van der Waals surface area contributed by atoms with Crippen molar-refractivity contribution in [2.24, 2.45) is 13.0 Å². The van der Waals surface area contributed by atoms with Gasteiger partial charge in [0.25, 0.3) is 0 Å². The Bertz CT molecular complexity index is 313. The minimum atomic E-state index is 0.466. The molecule has 1 aliphatic rings. The van der Waals surface area contributed by atoms with E-state index in [-0.39, 0.29) is 0 Å². The van der Waals surface area contributed by atoms with E-state index in [1.165, 1.54) is 44.2 Å². The zero-order chi connectivity index (χ0) is 11.4. The highest BCUT2D eigenvalue weighted by Crippen LogP contribution is 2.31. The molecule has 3 nitrogen and oxygen atoms in total. The lowest BCUT2D eigenvalue weighted by molar-refractivity contribution is 0.414. The first kappa shape index (κ1) is 11.6. The molecule has 16 heavy (non-hydrogen) atoms. The van der Waals surface area contributed by atoms with Gasteiger partial charge in [0.15, 0.2) is 0 Å². The summed E-state index contributed by atoms with van der Waals surface area (Å²) in [5.74, 6) is 0.976. The minimum absolute atomic E-state index is 0.466. The van der Waals surface area contributed by atoms with Crippen LogP contribution in [0.15, 0.2) is 12.3 Å². The van der Waals surface area contributed by atoms with E-state index in [0.29, 0.717) is 6.04 Å². The first-order valence-electron chi connectivity index (χ1n) is 6.46. The van der Waals surface area contributed by atoms with Gasteiger partial charge in [-0.2, -0.15) is 5.10 Å². The average Bonchev–Trinajstić information content (AvgIpc) is 2.92. The summed E-state index contributed by atoms with van der Waals surface area (Å²) < 4.78 is 1.98. The van der Waals surface area contributed by atoms with Crippen LogP contribution in [0.25, 0.3) is 0 Å². The topological polar surface area (TPSA) is 29.9 Å². The van der Waals surface area contributed by atoms with Gasteiger partial charge in [-0.25, -0.2) is 0 Å². The van der Waals surface area contributed by atoms with Crippen LogP contribution in [0.5, 0.6) is 0 Å². The van der Waals surface area contributed by atoms with Gasteiger partial charge in [-0.05, 0) is 31.9 Å². The van der Waals surface area contributed by atoms with Gasteiger partial charge in [-0.15, -0.1) is 0 Å². The van der Waals surface area contributed by atoms with Crippen LogP contribution in [0.3, 0.4) is 0 Å². The van der Waals surface area contributed by atoms with Crippen LogP contribution in [0.1, 0.15) is 50.3 Å². The summed E-state index contributed by atoms with van der Waals surface area (Å²) in [5, 5.41) is 7.65. The Balaban J connectivity index is 1.88. The molecule has 1 atom stereocenters. The van der Waals surface area contributed by atoms with Crippen LogP contribution in [-0.4, -0.2) is 16.8 Å². The average molecular weight is 221 g/mol. The molecular formula is C13H23N3. The molecule has 1 N–H and O–H groups in total. The predicted molar refractivity (Wildman–Crippen MR) is 66.2 cm³/mol. The van der Waals surface area contributed by atoms with E-state index in [1.54, 1.807) is 0 Å². The van der Waals surface area contributed by atoms with Gasteiger partial charge in [0.05, 0.1) is 5.69 Å². The molecule has 90 valence electrons. The van der Waals surface area contributed by atoms with Crippen molar-refractivity contribution >= 4 is 0 Å². The first-order valence-corrected chi connectivity index (χ1v) is 6.46. The lowest BCUT2D eigenvalue weighted by atomic mass is 9.97. The van der Waals surface area contributed by atoms with E-state index in [9.17, 15) is 0 Å². The van der Waals surface area contributed by atoms with Crippen LogP contribution < -0.4 is 5.32 Å². The molecule has 0 saturated heterocycles. The quantitative estimate of drug-likeness (QED) is 0.828. The van der Waals surface area contributed by atoms with Crippen molar-refractivity contribution in [1.29, 1.82) is 0 Å². The molecule has 1 fully saturated rings. The Morgan fingerprint density at radius 3 is 2.81 bits per heavy atom. The molecule has 3 heteroatoms.